The first-order chi connectivity index (χ1) is 7.13. The summed E-state index contributed by atoms with van der Waals surface area (Å²) in [5, 5.41) is 12.3. The fourth-order valence-electron chi connectivity index (χ4n) is 0.941. The number of aliphatic carboxylic acids is 1. The van der Waals surface area contributed by atoms with Crippen LogP contribution in [0.15, 0.2) is 4.52 Å². The predicted molar refractivity (Wildman–Crippen MR) is 50.2 cm³/mol. The van der Waals surface area contributed by atoms with E-state index in [1.165, 1.54) is 6.92 Å². The number of hydrogen-bond acceptors (Lipinski definition) is 5. The van der Waals surface area contributed by atoms with Crippen LogP contribution in [0.3, 0.4) is 0 Å². The molecule has 15 heavy (non-hydrogen) atoms. The molecule has 0 fully saturated rings. The fourth-order valence-corrected chi connectivity index (χ4v) is 0.941. The lowest BCUT2D eigenvalue weighted by Gasteiger charge is -2.04. The van der Waals surface area contributed by atoms with E-state index in [1.807, 2.05) is 6.92 Å². The SMILES string of the molecule is CCCc1noc(CO[C@@H](C)C(=O)O)n1. The van der Waals surface area contributed by atoms with Gasteiger partial charge in [-0.3, -0.25) is 0 Å². The first-order valence-electron chi connectivity index (χ1n) is 4.79. The topological polar surface area (TPSA) is 85.5 Å². The summed E-state index contributed by atoms with van der Waals surface area (Å²) < 4.78 is 9.85. The van der Waals surface area contributed by atoms with Gasteiger partial charge in [0, 0.05) is 6.42 Å². The largest absolute Gasteiger partial charge is 0.479 e. The second kappa shape index (κ2) is 5.45. The number of rotatable bonds is 6. The normalized spacial score (nSPS) is 12.7. The smallest absolute Gasteiger partial charge is 0.332 e. The van der Waals surface area contributed by atoms with Gasteiger partial charge in [0.05, 0.1) is 0 Å². The van der Waals surface area contributed by atoms with E-state index in [0.29, 0.717) is 11.7 Å². The van der Waals surface area contributed by atoms with Gasteiger partial charge in [0.25, 0.3) is 5.89 Å². The molecule has 0 bridgehead atoms. The zero-order chi connectivity index (χ0) is 11.3. The van der Waals surface area contributed by atoms with Crippen molar-refractivity contribution < 1.29 is 19.2 Å². The standard InChI is InChI=1S/C9H14N2O4/c1-3-4-7-10-8(15-11-7)5-14-6(2)9(12)13/h6H,3-5H2,1-2H3,(H,12,13)/t6-/m0/s1. The quantitative estimate of drug-likeness (QED) is 0.760. The minimum absolute atomic E-state index is 0.0319. The molecule has 0 radical (unpaired) electrons. The van der Waals surface area contributed by atoms with E-state index < -0.39 is 12.1 Å². The number of carboxylic acids is 1. The van der Waals surface area contributed by atoms with Gasteiger partial charge in [0.15, 0.2) is 11.9 Å². The summed E-state index contributed by atoms with van der Waals surface area (Å²) in [5.74, 6) is -0.0751. The lowest BCUT2D eigenvalue weighted by Crippen LogP contribution is -2.19. The lowest BCUT2D eigenvalue weighted by atomic mass is 10.3. The average molecular weight is 214 g/mol. The van der Waals surface area contributed by atoms with Gasteiger partial charge in [-0.05, 0) is 13.3 Å². The van der Waals surface area contributed by atoms with Crippen molar-refractivity contribution in [1.82, 2.24) is 10.1 Å². The Bertz CT molecular complexity index is 324. The van der Waals surface area contributed by atoms with E-state index in [2.05, 4.69) is 10.1 Å². The highest BCUT2D eigenvalue weighted by Gasteiger charge is 2.13. The molecule has 0 amide bonds. The fraction of sp³-hybridized carbons (Fsp3) is 0.667. The van der Waals surface area contributed by atoms with Crippen molar-refractivity contribution in [2.75, 3.05) is 0 Å². The summed E-state index contributed by atoms with van der Waals surface area (Å²) in [6.07, 6.45) is 0.815. The maximum absolute atomic E-state index is 10.4. The summed E-state index contributed by atoms with van der Waals surface area (Å²) in [7, 11) is 0. The summed E-state index contributed by atoms with van der Waals surface area (Å²) in [6.45, 7) is 3.49. The third kappa shape index (κ3) is 3.67. The summed E-state index contributed by atoms with van der Waals surface area (Å²) in [4.78, 5) is 14.5. The Labute approximate surface area is 87.2 Å². The molecule has 0 aliphatic rings. The van der Waals surface area contributed by atoms with Crippen LogP contribution in [0.25, 0.3) is 0 Å². The van der Waals surface area contributed by atoms with Gasteiger partial charge in [-0.2, -0.15) is 4.98 Å². The third-order valence-electron chi connectivity index (χ3n) is 1.79. The predicted octanol–water partition coefficient (Wildman–Crippen LogP) is 1.01. The van der Waals surface area contributed by atoms with Crippen LogP contribution >= 0.6 is 0 Å². The molecule has 1 rings (SSSR count). The van der Waals surface area contributed by atoms with E-state index in [-0.39, 0.29) is 6.61 Å². The van der Waals surface area contributed by atoms with Gasteiger partial charge in [-0.1, -0.05) is 12.1 Å². The Balaban J connectivity index is 2.40. The molecular weight excluding hydrogens is 200 g/mol. The lowest BCUT2D eigenvalue weighted by molar-refractivity contribution is -0.150. The monoisotopic (exact) mass is 214 g/mol. The van der Waals surface area contributed by atoms with E-state index in [4.69, 9.17) is 14.4 Å². The number of aryl methyl sites for hydroxylation is 1. The number of aromatic nitrogens is 2. The number of carbonyl (C=O) groups is 1. The summed E-state index contributed by atoms with van der Waals surface area (Å²) >= 11 is 0. The van der Waals surface area contributed by atoms with Crippen molar-refractivity contribution in [3.63, 3.8) is 0 Å². The van der Waals surface area contributed by atoms with E-state index in [1.54, 1.807) is 0 Å². The molecule has 6 nitrogen and oxygen atoms in total. The van der Waals surface area contributed by atoms with E-state index in [0.717, 1.165) is 12.8 Å². The van der Waals surface area contributed by atoms with Gasteiger partial charge < -0.3 is 14.4 Å². The van der Waals surface area contributed by atoms with Gasteiger partial charge in [-0.25, -0.2) is 4.79 Å². The first-order valence-corrected chi connectivity index (χ1v) is 4.79. The highest BCUT2D eigenvalue weighted by atomic mass is 16.5. The van der Waals surface area contributed by atoms with Crippen LogP contribution in [0.2, 0.25) is 0 Å². The number of ether oxygens (including phenoxy) is 1. The highest BCUT2D eigenvalue weighted by molar-refractivity contribution is 5.71. The molecule has 1 aromatic rings. The van der Waals surface area contributed by atoms with Crippen molar-refractivity contribution in [2.24, 2.45) is 0 Å². The minimum Gasteiger partial charge on any atom is -0.479 e. The van der Waals surface area contributed by atoms with Gasteiger partial charge in [0.1, 0.15) is 6.61 Å². The highest BCUT2D eigenvalue weighted by Crippen LogP contribution is 2.03. The Hall–Kier alpha value is -1.43. The molecular formula is C9H14N2O4. The van der Waals surface area contributed by atoms with Crippen LogP contribution in [0.5, 0.6) is 0 Å². The molecule has 6 heteroatoms. The van der Waals surface area contributed by atoms with Crippen LogP contribution < -0.4 is 0 Å². The molecule has 1 atom stereocenters. The number of carboxylic acid groups (broad SMARTS) is 1. The molecule has 1 aromatic heterocycles. The van der Waals surface area contributed by atoms with Crippen LogP contribution in [-0.4, -0.2) is 27.3 Å². The number of hydrogen-bond donors (Lipinski definition) is 1. The zero-order valence-corrected chi connectivity index (χ0v) is 8.77. The number of nitrogens with zero attached hydrogens (tertiary/aromatic N) is 2. The van der Waals surface area contributed by atoms with Crippen molar-refractivity contribution in [3.8, 4) is 0 Å². The van der Waals surface area contributed by atoms with Gasteiger partial charge in [0.2, 0.25) is 0 Å². The molecule has 0 aliphatic carbocycles. The summed E-state index contributed by atoms with van der Waals surface area (Å²) in [6, 6.07) is 0. The Morgan fingerprint density at radius 2 is 2.40 bits per heavy atom. The molecule has 84 valence electrons. The molecule has 1 N–H and O–H groups in total. The molecule has 0 unspecified atom stereocenters. The first kappa shape index (κ1) is 11.6. The van der Waals surface area contributed by atoms with Crippen LogP contribution in [0.4, 0.5) is 0 Å². The third-order valence-corrected chi connectivity index (χ3v) is 1.79. The Kier molecular flexibility index (Phi) is 4.23. The Morgan fingerprint density at radius 1 is 1.67 bits per heavy atom. The van der Waals surface area contributed by atoms with Crippen molar-refractivity contribution in [1.29, 1.82) is 0 Å². The van der Waals surface area contributed by atoms with Crippen LogP contribution in [-0.2, 0) is 22.6 Å². The van der Waals surface area contributed by atoms with Crippen molar-refractivity contribution >= 4 is 5.97 Å². The second-order valence-corrected chi connectivity index (χ2v) is 3.15. The van der Waals surface area contributed by atoms with Crippen molar-refractivity contribution in [3.05, 3.63) is 11.7 Å². The van der Waals surface area contributed by atoms with Crippen molar-refractivity contribution in [2.45, 2.75) is 39.4 Å². The molecule has 0 aromatic carbocycles. The molecule has 0 saturated heterocycles. The molecule has 0 saturated carbocycles. The van der Waals surface area contributed by atoms with Crippen LogP contribution in [0, 0.1) is 0 Å². The average Bonchev–Trinajstić information content (AvgIpc) is 2.62. The maximum Gasteiger partial charge on any atom is 0.332 e. The minimum atomic E-state index is -1.01. The molecule has 1 heterocycles. The summed E-state index contributed by atoms with van der Waals surface area (Å²) in [5.41, 5.74) is 0. The van der Waals surface area contributed by atoms with Gasteiger partial charge in [-0.15, -0.1) is 0 Å². The zero-order valence-electron chi connectivity index (χ0n) is 8.77. The second-order valence-electron chi connectivity index (χ2n) is 3.15. The van der Waals surface area contributed by atoms with Gasteiger partial charge >= 0.3 is 5.97 Å². The van der Waals surface area contributed by atoms with E-state index in [9.17, 15) is 4.79 Å². The molecule has 0 spiro atoms. The molecule has 0 aliphatic heterocycles. The maximum atomic E-state index is 10.4. The Morgan fingerprint density at radius 3 is 3.00 bits per heavy atom. The van der Waals surface area contributed by atoms with E-state index >= 15 is 0 Å². The van der Waals surface area contributed by atoms with Crippen LogP contribution in [0.1, 0.15) is 32.0 Å².